The molecule has 2 aromatic rings. The van der Waals surface area contributed by atoms with Crippen LogP contribution in [0.4, 0.5) is 10.1 Å². The van der Waals surface area contributed by atoms with Gasteiger partial charge in [-0.1, -0.05) is 12.5 Å². The number of ether oxygens (including phenoxy) is 1. The van der Waals surface area contributed by atoms with Gasteiger partial charge in [-0.25, -0.2) is 17.6 Å². The maximum Gasteiger partial charge on any atom is 0.338 e. The van der Waals surface area contributed by atoms with Gasteiger partial charge in [0, 0.05) is 18.8 Å². The number of hydrogen-bond donors (Lipinski definition) is 1. The van der Waals surface area contributed by atoms with E-state index in [2.05, 4.69) is 5.32 Å². The van der Waals surface area contributed by atoms with Gasteiger partial charge in [0.2, 0.25) is 10.0 Å². The molecule has 1 N–H and O–H groups in total. The molecule has 2 aromatic carbocycles. The highest BCUT2D eigenvalue weighted by molar-refractivity contribution is 7.89. The van der Waals surface area contributed by atoms with Crippen LogP contribution in [-0.2, 0) is 32.4 Å². The molecule has 0 spiro atoms. The number of piperidine rings is 1. The number of halogens is 1. The highest BCUT2D eigenvalue weighted by Crippen LogP contribution is 2.26. The maximum atomic E-state index is 14.3. The van der Waals surface area contributed by atoms with E-state index in [1.54, 1.807) is 0 Å². The molecule has 1 heterocycles. The van der Waals surface area contributed by atoms with Crippen molar-refractivity contribution in [3.05, 3.63) is 58.9 Å². The Morgan fingerprint density at radius 2 is 1.72 bits per heavy atom. The zero-order valence-corrected chi connectivity index (χ0v) is 18.4. The number of amides is 1. The maximum absolute atomic E-state index is 14.3. The van der Waals surface area contributed by atoms with Crippen molar-refractivity contribution in [3.8, 4) is 0 Å². The molecule has 9 heteroatoms. The topological polar surface area (TPSA) is 92.8 Å². The van der Waals surface area contributed by atoms with Gasteiger partial charge < -0.3 is 10.1 Å². The average molecular weight is 461 g/mol. The van der Waals surface area contributed by atoms with Crippen molar-refractivity contribution < 1.29 is 27.1 Å². The van der Waals surface area contributed by atoms with Gasteiger partial charge in [-0.15, -0.1) is 0 Å². The molecular formula is C23H25FN2O5S. The minimum Gasteiger partial charge on any atom is -0.452 e. The first kappa shape index (κ1) is 22.4. The molecule has 1 amide bonds. The summed E-state index contributed by atoms with van der Waals surface area (Å²) in [6.45, 7) is 0.0973. The van der Waals surface area contributed by atoms with Crippen molar-refractivity contribution in [1.82, 2.24) is 4.31 Å². The molecule has 4 rings (SSSR count). The SMILES string of the molecule is O=C(COC(=O)c1ccc(F)c(S(=O)(=O)N2CCCCC2)c1)Nc1ccc2c(c1)CCC2. The van der Waals surface area contributed by atoms with Gasteiger partial charge in [0.25, 0.3) is 5.91 Å². The molecule has 1 aliphatic carbocycles. The van der Waals surface area contributed by atoms with Crippen LogP contribution in [0.5, 0.6) is 0 Å². The highest BCUT2D eigenvalue weighted by Gasteiger charge is 2.29. The molecule has 0 unspecified atom stereocenters. The zero-order chi connectivity index (χ0) is 22.7. The number of anilines is 1. The molecular weight excluding hydrogens is 435 g/mol. The summed E-state index contributed by atoms with van der Waals surface area (Å²) in [5, 5.41) is 2.69. The number of fused-ring (bicyclic) bond motifs is 1. The van der Waals surface area contributed by atoms with Gasteiger partial charge >= 0.3 is 5.97 Å². The minimum atomic E-state index is -4.05. The van der Waals surface area contributed by atoms with Crippen LogP contribution in [0.25, 0.3) is 0 Å². The van der Waals surface area contributed by atoms with Crippen molar-refractivity contribution in [1.29, 1.82) is 0 Å². The number of sulfonamides is 1. The van der Waals surface area contributed by atoms with E-state index in [1.165, 1.54) is 15.4 Å². The molecule has 0 aromatic heterocycles. The first-order valence-electron chi connectivity index (χ1n) is 10.7. The quantitative estimate of drug-likeness (QED) is 0.668. The molecule has 1 fully saturated rings. The lowest BCUT2D eigenvalue weighted by Gasteiger charge is -2.26. The van der Waals surface area contributed by atoms with Crippen LogP contribution < -0.4 is 5.32 Å². The fraction of sp³-hybridized carbons (Fsp3) is 0.391. The Hall–Kier alpha value is -2.78. The number of nitrogens with one attached hydrogen (secondary N) is 1. The summed E-state index contributed by atoms with van der Waals surface area (Å²) in [6, 6.07) is 8.75. The Labute approximate surface area is 186 Å². The first-order valence-corrected chi connectivity index (χ1v) is 12.2. The fourth-order valence-electron chi connectivity index (χ4n) is 4.13. The predicted octanol–water partition coefficient (Wildman–Crippen LogP) is 3.28. The second-order valence-electron chi connectivity index (χ2n) is 8.07. The van der Waals surface area contributed by atoms with E-state index in [-0.39, 0.29) is 5.56 Å². The van der Waals surface area contributed by atoms with E-state index < -0.39 is 39.2 Å². The van der Waals surface area contributed by atoms with Gasteiger partial charge in [-0.3, -0.25) is 4.79 Å². The van der Waals surface area contributed by atoms with Crippen molar-refractivity contribution >= 4 is 27.6 Å². The second-order valence-corrected chi connectivity index (χ2v) is 9.98. The molecule has 170 valence electrons. The van der Waals surface area contributed by atoms with Gasteiger partial charge in [-0.05, 0) is 73.6 Å². The third kappa shape index (κ3) is 4.83. The largest absolute Gasteiger partial charge is 0.452 e. The Bertz CT molecular complexity index is 1140. The smallest absolute Gasteiger partial charge is 0.338 e. The molecule has 0 atom stereocenters. The number of nitrogens with zero attached hydrogens (tertiary/aromatic N) is 1. The Kier molecular flexibility index (Phi) is 6.57. The van der Waals surface area contributed by atoms with Crippen LogP contribution in [0, 0.1) is 5.82 Å². The highest BCUT2D eigenvalue weighted by atomic mass is 32.2. The number of carbonyl (C=O) groups excluding carboxylic acids is 2. The van der Waals surface area contributed by atoms with E-state index in [1.807, 2.05) is 18.2 Å². The summed E-state index contributed by atoms with van der Waals surface area (Å²) in [5.74, 6) is -2.34. The number of rotatable bonds is 6. The number of aryl methyl sites for hydroxylation is 2. The van der Waals surface area contributed by atoms with Gasteiger partial charge in [-0.2, -0.15) is 4.31 Å². The lowest BCUT2D eigenvalue weighted by Crippen LogP contribution is -2.36. The van der Waals surface area contributed by atoms with Crippen LogP contribution in [0.1, 0.15) is 47.2 Å². The van der Waals surface area contributed by atoms with E-state index in [0.29, 0.717) is 31.6 Å². The Balaban J connectivity index is 1.40. The average Bonchev–Trinajstić information content (AvgIpc) is 3.26. The molecule has 1 aliphatic heterocycles. The van der Waals surface area contributed by atoms with Crippen LogP contribution in [0.2, 0.25) is 0 Å². The van der Waals surface area contributed by atoms with E-state index in [0.717, 1.165) is 43.9 Å². The lowest BCUT2D eigenvalue weighted by atomic mass is 10.1. The molecule has 32 heavy (non-hydrogen) atoms. The standard InChI is InChI=1S/C23H25FN2O5S/c24-20-10-8-18(14-21(20)32(29,30)26-11-2-1-3-12-26)23(28)31-15-22(27)25-19-9-7-16-5-4-6-17(16)13-19/h7-10,13-14H,1-6,11-12,15H2,(H,25,27). The molecule has 7 nitrogen and oxygen atoms in total. The third-order valence-corrected chi connectivity index (χ3v) is 7.73. The van der Waals surface area contributed by atoms with Crippen LogP contribution >= 0.6 is 0 Å². The molecule has 1 saturated heterocycles. The van der Waals surface area contributed by atoms with E-state index in [4.69, 9.17) is 4.74 Å². The zero-order valence-electron chi connectivity index (χ0n) is 17.6. The summed E-state index contributed by atoms with van der Waals surface area (Å²) < 4.78 is 46.2. The van der Waals surface area contributed by atoms with Gasteiger partial charge in [0.15, 0.2) is 6.61 Å². The molecule has 0 bridgehead atoms. The van der Waals surface area contributed by atoms with Crippen LogP contribution in [-0.4, -0.2) is 44.3 Å². The summed E-state index contributed by atoms with van der Waals surface area (Å²) >= 11 is 0. The summed E-state index contributed by atoms with van der Waals surface area (Å²) in [7, 11) is -4.05. The fourth-order valence-corrected chi connectivity index (χ4v) is 5.74. The predicted molar refractivity (Wildman–Crippen MR) is 116 cm³/mol. The molecule has 0 saturated carbocycles. The van der Waals surface area contributed by atoms with Crippen molar-refractivity contribution in [3.63, 3.8) is 0 Å². The Morgan fingerprint density at radius 1 is 0.969 bits per heavy atom. The van der Waals surface area contributed by atoms with Crippen molar-refractivity contribution in [2.24, 2.45) is 0 Å². The van der Waals surface area contributed by atoms with Gasteiger partial charge in [0.05, 0.1) is 5.56 Å². The Morgan fingerprint density at radius 3 is 2.50 bits per heavy atom. The van der Waals surface area contributed by atoms with E-state index >= 15 is 0 Å². The summed E-state index contributed by atoms with van der Waals surface area (Å²) in [6.07, 6.45) is 5.45. The van der Waals surface area contributed by atoms with Crippen molar-refractivity contribution in [2.75, 3.05) is 25.0 Å². The summed E-state index contributed by atoms with van der Waals surface area (Å²) in [5.41, 5.74) is 2.98. The van der Waals surface area contributed by atoms with Gasteiger partial charge in [0.1, 0.15) is 10.7 Å². The lowest BCUT2D eigenvalue weighted by molar-refractivity contribution is -0.119. The van der Waals surface area contributed by atoms with Crippen LogP contribution in [0.3, 0.4) is 0 Å². The number of benzene rings is 2. The monoisotopic (exact) mass is 460 g/mol. The van der Waals surface area contributed by atoms with Crippen molar-refractivity contribution in [2.45, 2.75) is 43.4 Å². The number of esters is 1. The number of carbonyl (C=O) groups is 2. The molecule has 2 aliphatic rings. The normalized spacial score (nSPS) is 16.4. The van der Waals surface area contributed by atoms with E-state index in [9.17, 15) is 22.4 Å². The second kappa shape index (κ2) is 9.38. The third-order valence-electron chi connectivity index (χ3n) is 5.82. The summed E-state index contributed by atoms with van der Waals surface area (Å²) in [4.78, 5) is 24.0. The number of hydrogen-bond acceptors (Lipinski definition) is 5. The first-order chi connectivity index (χ1) is 15.3. The molecule has 0 radical (unpaired) electrons. The minimum absolute atomic E-state index is 0.132. The van der Waals surface area contributed by atoms with Crippen LogP contribution in [0.15, 0.2) is 41.3 Å².